The first-order chi connectivity index (χ1) is 14.4. The molecule has 2 aliphatic heterocycles. The number of carbonyl (C=O) groups is 1. The van der Waals surface area contributed by atoms with Crippen molar-refractivity contribution in [1.82, 2.24) is 4.31 Å². The molecule has 30 heavy (non-hydrogen) atoms. The summed E-state index contributed by atoms with van der Waals surface area (Å²) in [5, 5.41) is 2.90. The van der Waals surface area contributed by atoms with Crippen molar-refractivity contribution in [2.75, 3.05) is 49.6 Å². The number of anilines is 2. The Morgan fingerprint density at radius 1 is 1.00 bits per heavy atom. The SMILES string of the molecule is O=C(Nc1cc(S(=O)(=O)N2CCCCC2)ccc1N1CCOCC1)c1ccc(Cl)o1. The minimum Gasteiger partial charge on any atom is -0.440 e. The van der Waals surface area contributed by atoms with E-state index in [9.17, 15) is 13.2 Å². The van der Waals surface area contributed by atoms with Crippen LogP contribution in [0.25, 0.3) is 0 Å². The lowest BCUT2D eigenvalue weighted by atomic mass is 10.2. The number of benzene rings is 1. The predicted molar refractivity (Wildman–Crippen MR) is 114 cm³/mol. The summed E-state index contributed by atoms with van der Waals surface area (Å²) in [7, 11) is -3.63. The summed E-state index contributed by atoms with van der Waals surface area (Å²) in [6.45, 7) is 3.45. The largest absolute Gasteiger partial charge is 0.440 e. The highest BCUT2D eigenvalue weighted by Crippen LogP contribution is 2.32. The molecule has 0 unspecified atom stereocenters. The van der Waals surface area contributed by atoms with Crippen molar-refractivity contribution in [2.24, 2.45) is 0 Å². The van der Waals surface area contributed by atoms with Crippen molar-refractivity contribution in [3.8, 4) is 0 Å². The molecule has 0 spiro atoms. The van der Waals surface area contributed by atoms with Crippen LogP contribution in [0.5, 0.6) is 0 Å². The second-order valence-corrected chi connectivity index (χ2v) is 9.61. The molecule has 0 aliphatic carbocycles. The molecule has 0 bridgehead atoms. The summed E-state index contributed by atoms with van der Waals surface area (Å²) < 4.78 is 38.4. The molecule has 8 nitrogen and oxygen atoms in total. The van der Waals surface area contributed by atoms with Gasteiger partial charge in [0.05, 0.1) is 29.5 Å². The molecule has 0 radical (unpaired) electrons. The molecule has 162 valence electrons. The highest BCUT2D eigenvalue weighted by molar-refractivity contribution is 7.89. The van der Waals surface area contributed by atoms with E-state index in [0.29, 0.717) is 45.1 Å². The summed E-state index contributed by atoms with van der Waals surface area (Å²) >= 11 is 5.78. The Bertz CT molecular complexity index is 1010. The van der Waals surface area contributed by atoms with Gasteiger partial charge in [0.15, 0.2) is 11.0 Å². The van der Waals surface area contributed by atoms with Gasteiger partial charge in [0.1, 0.15) is 0 Å². The van der Waals surface area contributed by atoms with Crippen LogP contribution < -0.4 is 10.2 Å². The van der Waals surface area contributed by atoms with E-state index in [4.69, 9.17) is 20.8 Å². The number of hydrogen-bond donors (Lipinski definition) is 1. The number of amides is 1. The van der Waals surface area contributed by atoms with Crippen LogP contribution in [-0.4, -0.2) is 58.0 Å². The number of sulfonamides is 1. The minimum absolute atomic E-state index is 0.0530. The fourth-order valence-corrected chi connectivity index (χ4v) is 5.42. The van der Waals surface area contributed by atoms with Crippen LogP contribution in [-0.2, 0) is 14.8 Å². The average molecular weight is 454 g/mol. The third kappa shape index (κ3) is 4.49. The summed E-state index contributed by atoms with van der Waals surface area (Å²) in [4.78, 5) is 14.9. The van der Waals surface area contributed by atoms with E-state index < -0.39 is 15.9 Å². The van der Waals surface area contributed by atoms with Gasteiger partial charge in [-0.15, -0.1) is 0 Å². The Balaban J connectivity index is 1.68. The smallest absolute Gasteiger partial charge is 0.291 e. The van der Waals surface area contributed by atoms with Crippen molar-refractivity contribution >= 4 is 38.9 Å². The van der Waals surface area contributed by atoms with Crippen molar-refractivity contribution in [3.63, 3.8) is 0 Å². The van der Waals surface area contributed by atoms with Gasteiger partial charge in [0.25, 0.3) is 5.91 Å². The fraction of sp³-hybridized carbons (Fsp3) is 0.450. The molecule has 2 aliphatic rings. The lowest BCUT2D eigenvalue weighted by molar-refractivity contribution is 0.0996. The van der Waals surface area contributed by atoms with Crippen LogP contribution in [0.15, 0.2) is 39.6 Å². The number of morpholine rings is 1. The molecule has 4 rings (SSSR count). The maximum Gasteiger partial charge on any atom is 0.291 e. The van der Waals surface area contributed by atoms with Gasteiger partial charge < -0.3 is 19.4 Å². The second kappa shape index (κ2) is 8.97. The Morgan fingerprint density at radius 3 is 2.40 bits per heavy atom. The molecule has 1 amide bonds. The van der Waals surface area contributed by atoms with E-state index in [1.807, 2.05) is 0 Å². The third-order valence-corrected chi connectivity index (χ3v) is 7.42. The molecule has 10 heteroatoms. The normalized spacial score (nSPS) is 18.4. The van der Waals surface area contributed by atoms with Gasteiger partial charge in [-0.05, 0) is 54.8 Å². The van der Waals surface area contributed by atoms with E-state index in [1.165, 1.54) is 22.5 Å². The zero-order valence-corrected chi connectivity index (χ0v) is 18.0. The van der Waals surface area contributed by atoms with Gasteiger partial charge in [-0.3, -0.25) is 4.79 Å². The molecular weight excluding hydrogens is 430 g/mol. The van der Waals surface area contributed by atoms with E-state index in [-0.39, 0.29) is 15.9 Å². The summed E-state index contributed by atoms with van der Waals surface area (Å²) in [5.41, 5.74) is 1.15. The van der Waals surface area contributed by atoms with E-state index in [0.717, 1.165) is 24.9 Å². The van der Waals surface area contributed by atoms with Crippen molar-refractivity contribution in [3.05, 3.63) is 41.3 Å². The highest BCUT2D eigenvalue weighted by atomic mass is 35.5. The molecule has 1 N–H and O–H groups in total. The molecule has 0 atom stereocenters. The quantitative estimate of drug-likeness (QED) is 0.747. The molecule has 1 aromatic carbocycles. The van der Waals surface area contributed by atoms with E-state index >= 15 is 0 Å². The minimum atomic E-state index is -3.63. The van der Waals surface area contributed by atoms with Gasteiger partial charge in [-0.1, -0.05) is 6.42 Å². The maximum absolute atomic E-state index is 13.1. The molecule has 0 saturated carbocycles. The number of ether oxygens (including phenoxy) is 1. The average Bonchev–Trinajstić information content (AvgIpc) is 3.21. The maximum atomic E-state index is 13.1. The lowest BCUT2D eigenvalue weighted by Crippen LogP contribution is -2.37. The number of piperidine rings is 1. The molecule has 3 heterocycles. The first kappa shape index (κ1) is 21.2. The standard InChI is InChI=1S/C20H24ClN3O5S/c21-19-7-6-18(29-19)20(25)22-16-14-15(30(26,27)24-8-2-1-3-9-24)4-5-17(16)23-10-12-28-13-11-23/h4-7,14H,1-3,8-13H2,(H,22,25). The summed E-state index contributed by atoms with van der Waals surface area (Å²) in [6.07, 6.45) is 2.75. The topological polar surface area (TPSA) is 92.1 Å². The summed E-state index contributed by atoms with van der Waals surface area (Å²) in [6, 6.07) is 7.83. The Kier molecular flexibility index (Phi) is 6.33. The van der Waals surface area contributed by atoms with Gasteiger partial charge in [-0.2, -0.15) is 4.31 Å². The second-order valence-electron chi connectivity index (χ2n) is 7.30. The van der Waals surface area contributed by atoms with Gasteiger partial charge in [0, 0.05) is 26.2 Å². The number of halogens is 1. The van der Waals surface area contributed by atoms with Gasteiger partial charge in [-0.25, -0.2) is 8.42 Å². The Morgan fingerprint density at radius 2 is 1.73 bits per heavy atom. The lowest BCUT2D eigenvalue weighted by Gasteiger charge is -2.31. The van der Waals surface area contributed by atoms with Gasteiger partial charge >= 0.3 is 0 Å². The monoisotopic (exact) mass is 453 g/mol. The first-order valence-electron chi connectivity index (χ1n) is 9.99. The van der Waals surface area contributed by atoms with Crippen molar-refractivity contribution < 1.29 is 22.4 Å². The van der Waals surface area contributed by atoms with E-state index in [1.54, 1.807) is 12.1 Å². The number of carbonyl (C=O) groups excluding carboxylic acids is 1. The van der Waals surface area contributed by atoms with Crippen LogP contribution in [0.2, 0.25) is 5.22 Å². The number of hydrogen-bond acceptors (Lipinski definition) is 6. The van der Waals surface area contributed by atoms with Crippen molar-refractivity contribution in [2.45, 2.75) is 24.2 Å². The number of rotatable bonds is 5. The van der Waals surface area contributed by atoms with Crippen LogP contribution in [0.1, 0.15) is 29.8 Å². The zero-order chi connectivity index (χ0) is 21.1. The Labute approximate surface area is 180 Å². The fourth-order valence-electron chi connectivity index (χ4n) is 3.73. The Hall–Kier alpha value is -2.07. The predicted octanol–water partition coefficient (Wildman–Crippen LogP) is 3.20. The highest BCUT2D eigenvalue weighted by Gasteiger charge is 2.28. The van der Waals surface area contributed by atoms with Gasteiger partial charge in [0.2, 0.25) is 10.0 Å². The van der Waals surface area contributed by atoms with E-state index in [2.05, 4.69) is 10.2 Å². The van der Waals surface area contributed by atoms with Crippen molar-refractivity contribution in [1.29, 1.82) is 0 Å². The molecule has 2 fully saturated rings. The van der Waals surface area contributed by atoms with Crippen LogP contribution in [0, 0.1) is 0 Å². The molecular formula is C20H24ClN3O5S. The van der Waals surface area contributed by atoms with Crippen LogP contribution in [0.3, 0.4) is 0 Å². The third-order valence-electron chi connectivity index (χ3n) is 5.32. The number of nitrogens with zero attached hydrogens (tertiary/aromatic N) is 2. The molecule has 2 aromatic rings. The number of furan rings is 1. The van der Waals surface area contributed by atoms with Crippen LogP contribution >= 0.6 is 11.6 Å². The first-order valence-corrected chi connectivity index (χ1v) is 11.8. The molecule has 2 saturated heterocycles. The summed E-state index contributed by atoms with van der Waals surface area (Å²) in [5.74, 6) is -0.443. The zero-order valence-electron chi connectivity index (χ0n) is 16.5. The number of nitrogens with one attached hydrogen (secondary N) is 1. The molecule has 1 aromatic heterocycles. The van der Waals surface area contributed by atoms with Crippen LogP contribution in [0.4, 0.5) is 11.4 Å².